The molecule has 0 aliphatic carbocycles. The molecule has 0 spiro atoms. The summed E-state index contributed by atoms with van der Waals surface area (Å²) in [6.07, 6.45) is 0.638. The predicted molar refractivity (Wildman–Crippen MR) is 57.5 cm³/mol. The van der Waals surface area contributed by atoms with E-state index in [1.807, 2.05) is 0 Å². The number of aromatic hydroxyl groups is 1. The van der Waals surface area contributed by atoms with E-state index in [1.165, 1.54) is 13.2 Å². The Bertz CT molecular complexity index is 349. The van der Waals surface area contributed by atoms with Gasteiger partial charge in [-0.05, 0) is 33.6 Å². The van der Waals surface area contributed by atoms with Crippen LogP contribution in [0.15, 0.2) is 29.3 Å². The van der Waals surface area contributed by atoms with E-state index in [1.54, 1.807) is 12.1 Å². The Morgan fingerprint density at radius 2 is 2.21 bits per heavy atom. The Morgan fingerprint density at radius 3 is 2.71 bits per heavy atom. The predicted octanol–water partition coefficient (Wildman–Crippen LogP) is 2.38. The second kappa shape index (κ2) is 4.48. The Morgan fingerprint density at radius 1 is 1.57 bits per heavy atom. The molecule has 0 bridgehead atoms. The molecule has 0 saturated heterocycles. The van der Waals surface area contributed by atoms with E-state index in [4.69, 9.17) is 4.74 Å². The minimum atomic E-state index is -0.763. The lowest BCUT2D eigenvalue weighted by molar-refractivity contribution is 0.228. The van der Waals surface area contributed by atoms with E-state index in [0.29, 0.717) is 15.8 Å². The van der Waals surface area contributed by atoms with Gasteiger partial charge < -0.3 is 14.9 Å². The molecule has 3 nitrogen and oxygen atoms in total. The summed E-state index contributed by atoms with van der Waals surface area (Å²) >= 11 is 3.16. The number of benzene rings is 1. The van der Waals surface area contributed by atoms with Crippen molar-refractivity contribution in [2.75, 3.05) is 7.11 Å². The molecule has 0 heterocycles. The van der Waals surface area contributed by atoms with E-state index < -0.39 is 6.10 Å². The first kappa shape index (κ1) is 11.1. The summed E-state index contributed by atoms with van der Waals surface area (Å²) in [7, 11) is 1.45. The number of phenolic OH excluding ortho intramolecular Hbond substituents is 1. The quantitative estimate of drug-likeness (QED) is 0.819. The number of phenols is 1. The summed E-state index contributed by atoms with van der Waals surface area (Å²) in [5.41, 5.74) is 0.613. The van der Waals surface area contributed by atoms with E-state index in [2.05, 4.69) is 22.5 Å². The van der Waals surface area contributed by atoms with Gasteiger partial charge in [0, 0.05) is 0 Å². The third kappa shape index (κ3) is 2.08. The Balaban J connectivity index is 3.22. The van der Waals surface area contributed by atoms with E-state index in [9.17, 15) is 10.2 Å². The highest BCUT2D eigenvalue weighted by Crippen LogP contribution is 2.36. The van der Waals surface area contributed by atoms with Gasteiger partial charge in [-0.25, -0.2) is 0 Å². The van der Waals surface area contributed by atoms with Crippen molar-refractivity contribution in [2.24, 2.45) is 0 Å². The van der Waals surface area contributed by atoms with Gasteiger partial charge in [-0.3, -0.25) is 0 Å². The lowest BCUT2D eigenvalue weighted by Gasteiger charge is -2.10. The smallest absolute Gasteiger partial charge is 0.172 e. The maximum atomic E-state index is 9.50. The van der Waals surface area contributed by atoms with Crippen molar-refractivity contribution >= 4 is 15.9 Å². The van der Waals surface area contributed by atoms with Gasteiger partial charge in [-0.15, -0.1) is 6.58 Å². The van der Waals surface area contributed by atoms with Crippen LogP contribution in [-0.4, -0.2) is 17.3 Å². The van der Waals surface area contributed by atoms with Gasteiger partial charge in [0.15, 0.2) is 11.5 Å². The molecule has 1 rings (SSSR count). The van der Waals surface area contributed by atoms with E-state index >= 15 is 0 Å². The number of hydrogen-bond donors (Lipinski definition) is 2. The molecule has 0 radical (unpaired) electrons. The lowest BCUT2D eigenvalue weighted by atomic mass is 10.1. The minimum absolute atomic E-state index is 0.0208. The zero-order valence-corrected chi connectivity index (χ0v) is 9.28. The largest absolute Gasteiger partial charge is 0.503 e. The molecule has 4 heteroatoms. The molecular formula is C10H11BrO3. The van der Waals surface area contributed by atoms with Gasteiger partial charge >= 0.3 is 0 Å². The second-order valence-corrected chi connectivity index (χ2v) is 3.59. The van der Waals surface area contributed by atoms with E-state index in [0.717, 1.165) is 0 Å². The fraction of sp³-hybridized carbons (Fsp3) is 0.200. The van der Waals surface area contributed by atoms with Crippen LogP contribution in [0.25, 0.3) is 0 Å². The lowest BCUT2D eigenvalue weighted by Crippen LogP contribution is -1.94. The maximum absolute atomic E-state index is 9.50. The van der Waals surface area contributed by atoms with Gasteiger partial charge in [0.2, 0.25) is 0 Å². The Hall–Kier alpha value is -1.00. The molecule has 1 aromatic rings. The van der Waals surface area contributed by atoms with Gasteiger partial charge in [0.1, 0.15) is 0 Å². The molecule has 1 atom stereocenters. The highest BCUT2D eigenvalue weighted by Gasteiger charge is 2.11. The number of methoxy groups -OCH3 is 1. The molecule has 1 aromatic carbocycles. The number of aliphatic hydroxyl groups is 1. The number of hydrogen-bond acceptors (Lipinski definition) is 3. The molecule has 0 saturated carbocycles. The first-order valence-corrected chi connectivity index (χ1v) is 4.76. The summed E-state index contributed by atoms with van der Waals surface area (Å²) in [6, 6.07) is 3.18. The zero-order chi connectivity index (χ0) is 10.7. The van der Waals surface area contributed by atoms with Crippen molar-refractivity contribution in [1.82, 2.24) is 0 Å². The van der Waals surface area contributed by atoms with E-state index in [-0.39, 0.29) is 5.75 Å². The molecular weight excluding hydrogens is 248 g/mol. The van der Waals surface area contributed by atoms with Crippen molar-refractivity contribution in [3.8, 4) is 11.5 Å². The second-order valence-electron chi connectivity index (χ2n) is 2.73. The summed E-state index contributed by atoms with van der Waals surface area (Å²) < 4.78 is 5.42. The summed E-state index contributed by atoms with van der Waals surface area (Å²) in [5, 5.41) is 19.0. The van der Waals surface area contributed by atoms with Gasteiger partial charge in [-0.2, -0.15) is 0 Å². The molecule has 0 amide bonds. The third-order valence-electron chi connectivity index (χ3n) is 1.84. The fourth-order valence-corrected chi connectivity index (χ4v) is 1.52. The average molecular weight is 259 g/mol. The van der Waals surface area contributed by atoms with Crippen LogP contribution in [0.2, 0.25) is 0 Å². The van der Waals surface area contributed by atoms with Crippen LogP contribution >= 0.6 is 15.9 Å². The number of rotatable bonds is 3. The summed E-state index contributed by atoms with van der Waals surface area (Å²) in [6.45, 7) is 3.48. The van der Waals surface area contributed by atoms with Crippen molar-refractivity contribution in [2.45, 2.75) is 6.10 Å². The first-order chi connectivity index (χ1) is 6.60. The monoisotopic (exact) mass is 258 g/mol. The maximum Gasteiger partial charge on any atom is 0.172 e. The first-order valence-electron chi connectivity index (χ1n) is 3.97. The molecule has 1 unspecified atom stereocenters. The fourth-order valence-electron chi connectivity index (χ4n) is 1.06. The van der Waals surface area contributed by atoms with Crippen molar-refractivity contribution in [1.29, 1.82) is 0 Å². The van der Waals surface area contributed by atoms with Crippen molar-refractivity contribution < 1.29 is 14.9 Å². The molecule has 0 aliphatic heterocycles. The summed E-state index contributed by atoms with van der Waals surface area (Å²) in [5.74, 6) is 0.336. The van der Waals surface area contributed by atoms with Crippen LogP contribution in [0, 0.1) is 0 Å². The average Bonchev–Trinajstić information content (AvgIpc) is 2.20. The third-order valence-corrected chi connectivity index (χ3v) is 2.44. The van der Waals surface area contributed by atoms with Crippen molar-refractivity contribution in [3.63, 3.8) is 0 Å². The minimum Gasteiger partial charge on any atom is -0.503 e. The Labute approximate surface area is 90.8 Å². The molecule has 0 aliphatic rings. The highest BCUT2D eigenvalue weighted by molar-refractivity contribution is 9.10. The molecule has 2 N–H and O–H groups in total. The molecule has 76 valence electrons. The SMILES string of the molecule is C=CC(O)c1cc(Br)c(O)c(OC)c1. The molecule has 0 aromatic heterocycles. The standard InChI is InChI=1S/C10H11BrO3/c1-3-8(12)6-4-7(11)10(13)9(5-6)14-2/h3-5,8,12-13H,1H2,2H3. The normalized spacial score (nSPS) is 12.2. The van der Waals surface area contributed by atoms with Crippen molar-refractivity contribution in [3.05, 3.63) is 34.8 Å². The van der Waals surface area contributed by atoms with Gasteiger partial charge in [0.25, 0.3) is 0 Å². The zero-order valence-electron chi connectivity index (χ0n) is 7.70. The topological polar surface area (TPSA) is 49.7 Å². The van der Waals surface area contributed by atoms with Gasteiger partial charge in [0.05, 0.1) is 17.7 Å². The number of halogens is 1. The summed E-state index contributed by atoms with van der Waals surface area (Å²) in [4.78, 5) is 0. The van der Waals surface area contributed by atoms with Crippen LogP contribution in [-0.2, 0) is 0 Å². The molecule has 0 fully saturated rings. The van der Waals surface area contributed by atoms with Gasteiger partial charge in [-0.1, -0.05) is 6.08 Å². The van der Waals surface area contributed by atoms with Crippen LogP contribution in [0.1, 0.15) is 11.7 Å². The number of aliphatic hydroxyl groups excluding tert-OH is 1. The number of ether oxygens (including phenoxy) is 1. The van der Waals surface area contributed by atoms with Crippen LogP contribution in [0.3, 0.4) is 0 Å². The van der Waals surface area contributed by atoms with Crippen LogP contribution in [0.5, 0.6) is 11.5 Å². The molecule has 14 heavy (non-hydrogen) atoms. The Kier molecular flexibility index (Phi) is 3.55. The van der Waals surface area contributed by atoms with Crippen LogP contribution in [0.4, 0.5) is 0 Å². The highest BCUT2D eigenvalue weighted by atomic mass is 79.9. The van der Waals surface area contributed by atoms with Crippen LogP contribution < -0.4 is 4.74 Å².